The molecule has 20 heavy (non-hydrogen) atoms. The molecule has 2 rings (SSSR count). The molecule has 2 aromatic carbocycles. The molecule has 0 atom stereocenters. The predicted molar refractivity (Wildman–Crippen MR) is 83.3 cm³/mol. The zero-order valence-electron chi connectivity index (χ0n) is 12.6. The van der Waals surface area contributed by atoms with Gasteiger partial charge >= 0.3 is 0 Å². The topological polar surface area (TPSA) is 12.0 Å². The highest BCUT2D eigenvalue weighted by molar-refractivity contribution is 5.68. The van der Waals surface area contributed by atoms with E-state index in [1.165, 1.54) is 11.1 Å². The molecule has 0 fully saturated rings. The van der Waals surface area contributed by atoms with Gasteiger partial charge in [0.2, 0.25) is 0 Å². The van der Waals surface area contributed by atoms with Gasteiger partial charge in [0.15, 0.2) is 0 Å². The lowest BCUT2D eigenvalue weighted by atomic mass is 9.96. The minimum atomic E-state index is -0.142. The number of rotatable bonds is 4. The van der Waals surface area contributed by atoms with Gasteiger partial charge in [-0.1, -0.05) is 44.2 Å². The number of halogens is 1. The number of aryl methyl sites for hydroxylation is 1. The van der Waals surface area contributed by atoms with Gasteiger partial charge in [0.1, 0.15) is 5.82 Å². The highest BCUT2D eigenvalue weighted by Crippen LogP contribution is 2.27. The minimum absolute atomic E-state index is 0.142. The fraction of sp³-hybridized carbons (Fsp3) is 0.333. The van der Waals surface area contributed by atoms with Crippen molar-refractivity contribution in [2.75, 3.05) is 0 Å². The molecule has 0 bridgehead atoms. The fourth-order valence-electron chi connectivity index (χ4n) is 2.24. The maximum absolute atomic E-state index is 14.2. The molecule has 0 aliphatic rings. The van der Waals surface area contributed by atoms with E-state index in [-0.39, 0.29) is 5.82 Å². The normalized spacial score (nSPS) is 11.1. The molecule has 1 nitrogen and oxygen atoms in total. The molecule has 106 valence electrons. The maximum Gasteiger partial charge on any atom is 0.128 e. The lowest BCUT2D eigenvalue weighted by Crippen LogP contribution is -2.22. The molecule has 0 aliphatic carbocycles. The highest BCUT2D eigenvalue weighted by atomic mass is 19.1. The predicted octanol–water partition coefficient (Wildman–Crippen LogP) is 4.61. The molecule has 0 unspecified atom stereocenters. The smallest absolute Gasteiger partial charge is 0.128 e. The summed E-state index contributed by atoms with van der Waals surface area (Å²) in [7, 11) is 0. The molecule has 0 aliphatic heterocycles. The van der Waals surface area contributed by atoms with Crippen LogP contribution in [0.4, 0.5) is 4.39 Å². The van der Waals surface area contributed by atoms with E-state index in [9.17, 15) is 4.39 Å². The lowest BCUT2D eigenvalue weighted by molar-refractivity contribution is 0.553. The summed E-state index contributed by atoms with van der Waals surface area (Å²) in [5, 5.41) is 3.24. The van der Waals surface area contributed by atoms with Gasteiger partial charge in [-0.05, 0) is 42.2 Å². The van der Waals surface area contributed by atoms with E-state index >= 15 is 0 Å². The Labute approximate surface area is 120 Å². The first-order valence-electron chi connectivity index (χ1n) is 7.07. The van der Waals surface area contributed by atoms with Gasteiger partial charge < -0.3 is 5.32 Å². The van der Waals surface area contributed by atoms with Crippen molar-refractivity contribution >= 4 is 0 Å². The highest BCUT2D eigenvalue weighted by Gasteiger charge is 2.08. The molecule has 0 radical (unpaired) electrons. The van der Waals surface area contributed by atoms with Crippen LogP contribution in [0.3, 0.4) is 0 Å². The van der Waals surface area contributed by atoms with Gasteiger partial charge in [0, 0.05) is 18.2 Å². The monoisotopic (exact) mass is 271 g/mol. The Morgan fingerprint density at radius 1 is 1.10 bits per heavy atom. The largest absolute Gasteiger partial charge is 0.310 e. The standard InChI is InChI=1S/C18H22FN/c1-12(2)20-11-16-9-8-15(10-18(16)19)17-7-5-6-13(3)14(17)4/h5-10,12,20H,11H2,1-4H3. The summed E-state index contributed by atoms with van der Waals surface area (Å²) < 4.78 is 14.2. The Hall–Kier alpha value is -1.67. The average molecular weight is 271 g/mol. The molecule has 0 aromatic heterocycles. The van der Waals surface area contributed by atoms with E-state index in [1.807, 2.05) is 24.3 Å². The van der Waals surface area contributed by atoms with Crippen molar-refractivity contribution in [1.82, 2.24) is 5.32 Å². The van der Waals surface area contributed by atoms with Crippen LogP contribution in [0.1, 0.15) is 30.5 Å². The Morgan fingerprint density at radius 3 is 2.50 bits per heavy atom. The Kier molecular flexibility index (Phi) is 4.56. The molecule has 2 aromatic rings. The summed E-state index contributed by atoms with van der Waals surface area (Å²) in [6, 6.07) is 12.0. The molecule has 0 spiro atoms. The van der Waals surface area contributed by atoms with E-state index < -0.39 is 0 Å². The summed E-state index contributed by atoms with van der Waals surface area (Å²) in [4.78, 5) is 0. The third-order valence-electron chi connectivity index (χ3n) is 3.67. The summed E-state index contributed by atoms with van der Waals surface area (Å²) in [6.45, 7) is 8.84. The summed E-state index contributed by atoms with van der Waals surface area (Å²) >= 11 is 0. The van der Waals surface area contributed by atoms with Crippen molar-refractivity contribution in [3.8, 4) is 11.1 Å². The first kappa shape index (κ1) is 14.7. The Balaban J connectivity index is 2.31. The van der Waals surface area contributed by atoms with Gasteiger partial charge in [-0.15, -0.1) is 0 Å². The molecule has 0 heterocycles. The molecule has 1 N–H and O–H groups in total. The second-order valence-electron chi connectivity index (χ2n) is 5.59. The van der Waals surface area contributed by atoms with Crippen LogP contribution < -0.4 is 5.32 Å². The third-order valence-corrected chi connectivity index (χ3v) is 3.67. The van der Waals surface area contributed by atoms with Gasteiger partial charge in [0.25, 0.3) is 0 Å². The molecule has 0 saturated heterocycles. The van der Waals surface area contributed by atoms with Gasteiger partial charge in [-0.25, -0.2) is 4.39 Å². The van der Waals surface area contributed by atoms with Crippen LogP contribution in [0, 0.1) is 19.7 Å². The van der Waals surface area contributed by atoms with Gasteiger partial charge in [0.05, 0.1) is 0 Å². The van der Waals surface area contributed by atoms with Crippen molar-refractivity contribution in [1.29, 1.82) is 0 Å². The van der Waals surface area contributed by atoms with Crippen LogP contribution in [0.2, 0.25) is 0 Å². The molecule has 0 saturated carbocycles. The first-order chi connectivity index (χ1) is 9.49. The van der Waals surface area contributed by atoms with Gasteiger partial charge in [-0.2, -0.15) is 0 Å². The van der Waals surface area contributed by atoms with E-state index in [4.69, 9.17) is 0 Å². The van der Waals surface area contributed by atoms with Crippen LogP contribution in [0.25, 0.3) is 11.1 Å². The van der Waals surface area contributed by atoms with Crippen LogP contribution in [-0.2, 0) is 6.54 Å². The molecular formula is C18H22FN. The van der Waals surface area contributed by atoms with Crippen molar-refractivity contribution < 1.29 is 4.39 Å². The number of hydrogen-bond acceptors (Lipinski definition) is 1. The van der Waals surface area contributed by atoms with Crippen LogP contribution in [0.5, 0.6) is 0 Å². The molecule has 0 amide bonds. The minimum Gasteiger partial charge on any atom is -0.310 e. The first-order valence-corrected chi connectivity index (χ1v) is 7.07. The van der Waals surface area contributed by atoms with E-state index in [2.05, 4.69) is 39.1 Å². The van der Waals surface area contributed by atoms with E-state index in [1.54, 1.807) is 6.07 Å². The second kappa shape index (κ2) is 6.19. The van der Waals surface area contributed by atoms with Crippen LogP contribution in [-0.4, -0.2) is 6.04 Å². The van der Waals surface area contributed by atoms with Crippen molar-refractivity contribution in [2.45, 2.75) is 40.3 Å². The van der Waals surface area contributed by atoms with E-state index in [0.29, 0.717) is 18.2 Å². The number of hydrogen-bond donors (Lipinski definition) is 1. The third kappa shape index (κ3) is 3.26. The van der Waals surface area contributed by atoms with E-state index in [0.717, 1.165) is 11.1 Å². The number of nitrogens with one attached hydrogen (secondary N) is 1. The lowest BCUT2D eigenvalue weighted by Gasteiger charge is -2.12. The average Bonchev–Trinajstić information content (AvgIpc) is 2.40. The maximum atomic E-state index is 14.2. The quantitative estimate of drug-likeness (QED) is 0.856. The number of benzene rings is 2. The molecule has 2 heteroatoms. The van der Waals surface area contributed by atoms with Crippen molar-refractivity contribution in [3.63, 3.8) is 0 Å². The van der Waals surface area contributed by atoms with Crippen molar-refractivity contribution in [3.05, 3.63) is 58.9 Å². The summed E-state index contributed by atoms with van der Waals surface area (Å²) in [5.41, 5.74) is 5.20. The summed E-state index contributed by atoms with van der Waals surface area (Å²) in [6.07, 6.45) is 0. The zero-order chi connectivity index (χ0) is 14.7. The zero-order valence-corrected chi connectivity index (χ0v) is 12.6. The summed E-state index contributed by atoms with van der Waals surface area (Å²) in [5.74, 6) is -0.142. The van der Waals surface area contributed by atoms with Gasteiger partial charge in [-0.3, -0.25) is 0 Å². The Bertz CT molecular complexity index is 602. The van der Waals surface area contributed by atoms with Crippen LogP contribution in [0.15, 0.2) is 36.4 Å². The second-order valence-corrected chi connectivity index (χ2v) is 5.59. The Morgan fingerprint density at radius 2 is 1.85 bits per heavy atom. The SMILES string of the molecule is Cc1cccc(-c2ccc(CNC(C)C)c(F)c2)c1C. The fourth-order valence-corrected chi connectivity index (χ4v) is 2.24. The van der Waals surface area contributed by atoms with Crippen LogP contribution >= 0.6 is 0 Å². The molecular weight excluding hydrogens is 249 g/mol. The van der Waals surface area contributed by atoms with Crippen molar-refractivity contribution in [2.24, 2.45) is 0 Å².